The molecule has 25 heavy (non-hydrogen) atoms. The van der Waals surface area contributed by atoms with Crippen molar-refractivity contribution in [2.75, 3.05) is 13.1 Å². The van der Waals surface area contributed by atoms with Crippen LogP contribution in [0, 0.1) is 5.92 Å². The first kappa shape index (κ1) is 17.4. The SMILES string of the molecule is CCCC(C)OC(=O)N1CCC(C(=O)n2nnc3ccccc32)CC1. The van der Waals surface area contributed by atoms with Gasteiger partial charge < -0.3 is 9.64 Å². The highest BCUT2D eigenvalue weighted by atomic mass is 16.6. The van der Waals surface area contributed by atoms with Crippen molar-refractivity contribution in [3.63, 3.8) is 0 Å². The van der Waals surface area contributed by atoms with E-state index in [0.717, 1.165) is 18.4 Å². The molecule has 1 aromatic carbocycles. The number of para-hydroxylation sites is 1. The summed E-state index contributed by atoms with van der Waals surface area (Å²) in [5.74, 6) is -0.205. The lowest BCUT2D eigenvalue weighted by atomic mass is 9.96. The molecule has 0 spiro atoms. The van der Waals surface area contributed by atoms with Crippen LogP contribution in [-0.2, 0) is 4.74 Å². The number of likely N-dealkylation sites (tertiary alicyclic amines) is 1. The summed E-state index contributed by atoms with van der Waals surface area (Å²) in [5, 5.41) is 8.03. The summed E-state index contributed by atoms with van der Waals surface area (Å²) >= 11 is 0. The van der Waals surface area contributed by atoms with Gasteiger partial charge in [0.25, 0.3) is 5.91 Å². The Kier molecular flexibility index (Phi) is 5.31. The van der Waals surface area contributed by atoms with E-state index in [1.54, 1.807) is 4.90 Å². The lowest BCUT2D eigenvalue weighted by Crippen LogP contribution is -2.42. The van der Waals surface area contributed by atoms with Gasteiger partial charge in [0, 0.05) is 19.0 Å². The molecule has 1 saturated heterocycles. The average molecular weight is 344 g/mol. The molecule has 7 heteroatoms. The number of hydrogen-bond donors (Lipinski definition) is 0. The molecule has 134 valence electrons. The van der Waals surface area contributed by atoms with Crippen LogP contribution in [0.5, 0.6) is 0 Å². The number of rotatable bonds is 4. The fourth-order valence-corrected chi connectivity index (χ4v) is 3.23. The van der Waals surface area contributed by atoms with Crippen molar-refractivity contribution in [2.24, 2.45) is 5.92 Å². The minimum absolute atomic E-state index is 0.0546. The summed E-state index contributed by atoms with van der Waals surface area (Å²) in [5.41, 5.74) is 1.43. The normalized spacial score (nSPS) is 16.8. The van der Waals surface area contributed by atoms with E-state index in [1.807, 2.05) is 31.2 Å². The van der Waals surface area contributed by atoms with E-state index in [4.69, 9.17) is 4.74 Å². The van der Waals surface area contributed by atoms with E-state index in [1.165, 1.54) is 4.68 Å². The molecule has 3 rings (SSSR count). The van der Waals surface area contributed by atoms with Crippen molar-refractivity contribution in [1.82, 2.24) is 19.9 Å². The summed E-state index contributed by atoms with van der Waals surface area (Å²) in [6.45, 7) is 5.03. The van der Waals surface area contributed by atoms with Crippen molar-refractivity contribution in [1.29, 1.82) is 0 Å². The molecular formula is C18H24N4O3. The zero-order chi connectivity index (χ0) is 17.8. The highest BCUT2D eigenvalue weighted by Crippen LogP contribution is 2.22. The molecule has 1 aromatic heterocycles. The zero-order valence-corrected chi connectivity index (χ0v) is 14.7. The topological polar surface area (TPSA) is 77.3 Å². The molecule has 1 atom stereocenters. The van der Waals surface area contributed by atoms with E-state index in [-0.39, 0.29) is 24.0 Å². The molecule has 1 fully saturated rings. The third kappa shape index (κ3) is 3.81. The van der Waals surface area contributed by atoms with Gasteiger partial charge in [-0.3, -0.25) is 4.79 Å². The number of amides is 1. The van der Waals surface area contributed by atoms with Gasteiger partial charge in [-0.15, -0.1) is 5.10 Å². The van der Waals surface area contributed by atoms with Crippen LogP contribution >= 0.6 is 0 Å². The first-order valence-corrected chi connectivity index (χ1v) is 8.90. The molecule has 7 nitrogen and oxygen atoms in total. The fourth-order valence-electron chi connectivity index (χ4n) is 3.23. The third-order valence-corrected chi connectivity index (χ3v) is 4.66. The number of ether oxygens (including phenoxy) is 1. The Balaban J connectivity index is 1.58. The lowest BCUT2D eigenvalue weighted by Gasteiger charge is -2.31. The highest BCUT2D eigenvalue weighted by molar-refractivity contribution is 5.90. The number of aromatic nitrogens is 3. The predicted octanol–water partition coefficient (Wildman–Crippen LogP) is 3.11. The number of nitrogens with zero attached hydrogens (tertiary/aromatic N) is 4. The summed E-state index contributed by atoms with van der Waals surface area (Å²) in [6.07, 6.45) is 2.72. The molecule has 0 bridgehead atoms. The van der Waals surface area contributed by atoms with Gasteiger partial charge >= 0.3 is 6.09 Å². The largest absolute Gasteiger partial charge is 0.446 e. The summed E-state index contributed by atoms with van der Waals surface area (Å²) < 4.78 is 6.82. The number of carbonyl (C=O) groups is 2. The molecular weight excluding hydrogens is 320 g/mol. The van der Waals surface area contributed by atoms with Gasteiger partial charge in [0.1, 0.15) is 11.6 Å². The molecule has 0 N–H and O–H groups in total. The highest BCUT2D eigenvalue weighted by Gasteiger charge is 2.30. The Hall–Kier alpha value is -2.44. The number of carbonyl (C=O) groups excluding carboxylic acids is 2. The van der Waals surface area contributed by atoms with Crippen LogP contribution in [0.4, 0.5) is 4.79 Å². The third-order valence-electron chi connectivity index (χ3n) is 4.66. The van der Waals surface area contributed by atoms with E-state index in [0.29, 0.717) is 31.4 Å². The first-order valence-electron chi connectivity index (χ1n) is 8.90. The standard InChI is InChI=1S/C18H24N4O3/c1-3-6-13(2)25-18(24)21-11-9-14(10-12-21)17(23)22-16-8-5-4-7-15(16)19-20-22/h4-5,7-8,13-14H,3,6,9-12H2,1-2H3. The van der Waals surface area contributed by atoms with Gasteiger partial charge in [-0.25, -0.2) is 4.79 Å². The van der Waals surface area contributed by atoms with Crippen molar-refractivity contribution in [3.05, 3.63) is 24.3 Å². The first-order chi connectivity index (χ1) is 12.1. The molecule has 2 heterocycles. The van der Waals surface area contributed by atoms with Gasteiger partial charge in [0.05, 0.1) is 5.52 Å². The van der Waals surface area contributed by atoms with Crippen LogP contribution in [0.1, 0.15) is 44.3 Å². The number of piperidine rings is 1. The number of fused-ring (bicyclic) bond motifs is 1. The van der Waals surface area contributed by atoms with Crippen LogP contribution in [0.15, 0.2) is 24.3 Å². The average Bonchev–Trinajstić information content (AvgIpc) is 3.05. The molecule has 0 radical (unpaired) electrons. The second kappa shape index (κ2) is 7.63. The second-order valence-corrected chi connectivity index (χ2v) is 6.57. The van der Waals surface area contributed by atoms with Gasteiger partial charge in [0.15, 0.2) is 0 Å². The Bertz CT molecular complexity index is 750. The van der Waals surface area contributed by atoms with Crippen LogP contribution in [0.25, 0.3) is 11.0 Å². The molecule has 0 saturated carbocycles. The second-order valence-electron chi connectivity index (χ2n) is 6.57. The molecule has 2 aromatic rings. The van der Waals surface area contributed by atoms with E-state index >= 15 is 0 Å². The minimum atomic E-state index is -0.280. The summed E-state index contributed by atoms with van der Waals surface area (Å²) in [4.78, 5) is 26.6. The molecule has 1 aliphatic rings. The summed E-state index contributed by atoms with van der Waals surface area (Å²) in [7, 11) is 0. The van der Waals surface area contributed by atoms with Crippen LogP contribution in [0.2, 0.25) is 0 Å². The van der Waals surface area contributed by atoms with Crippen molar-refractivity contribution >= 4 is 23.0 Å². The number of benzene rings is 1. The fraction of sp³-hybridized carbons (Fsp3) is 0.556. The van der Waals surface area contributed by atoms with E-state index in [9.17, 15) is 9.59 Å². The lowest BCUT2D eigenvalue weighted by molar-refractivity contribution is 0.0506. The predicted molar refractivity (Wildman–Crippen MR) is 93.3 cm³/mol. The number of hydrogen-bond acceptors (Lipinski definition) is 5. The minimum Gasteiger partial charge on any atom is -0.446 e. The Labute approximate surface area is 146 Å². The molecule has 0 aliphatic carbocycles. The van der Waals surface area contributed by atoms with Gasteiger partial charge in [-0.1, -0.05) is 30.7 Å². The van der Waals surface area contributed by atoms with Crippen LogP contribution in [-0.4, -0.2) is 51.1 Å². The maximum Gasteiger partial charge on any atom is 0.410 e. The van der Waals surface area contributed by atoms with Gasteiger partial charge in [-0.2, -0.15) is 4.68 Å². The van der Waals surface area contributed by atoms with Gasteiger partial charge in [-0.05, 0) is 38.3 Å². The van der Waals surface area contributed by atoms with E-state index in [2.05, 4.69) is 17.2 Å². The Morgan fingerprint density at radius 2 is 2.00 bits per heavy atom. The summed E-state index contributed by atoms with van der Waals surface area (Å²) in [6, 6.07) is 7.41. The van der Waals surface area contributed by atoms with Crippen molar-refractivity contribution in [3.8, 4) is 0 Å². The van der Waals surface area contributed by atoms with Crippen LogP contribution in [0.3, 0.4) is 0 Å². The van der Waals surface area contributed by atoms with Gasteiger partial charge in [0.2, 0.25) is 0 Å². The Morgan fingerprint density at radius 3 is 2.72 bits per heavy atom. The Morgan fingerprint density at radius 1 is 1.28 bits per heavy atom. The molecule has 1 aliphatic heterocycles. The smallest absolute Gasteiger partial charge is 0.410 e. The van der Waals surface area contributed by atoms with E-state index < -0.39 is 0 Å². The molecule has 1 unspecified atom stereocenters. The van der Waals surface area contributed by atoms with Crippen molar-refractivity contribution < 1.29 is 14.3 Å². The molecule has 1 amide bonds. The quantitative estimate of drug-likeness (QED) is 0.851. The maximum absolute atomic E-state index is 12.7. The maximum atomic E-state index is 12.7. The van der Waals surface area contributed by atoms with Crippen LogP contribution < -0.4 is 0 Å². The zero-order valence-electron chi connectivity index (χ0n) is 14.7. The van der Waals surface area contributed by atoms with Crippen molar-refractivity contribution in [2.45, 2.75) is 45.6 Å². The monoisotopic (exact) mass is 344 g/mol.